The van der Waals surface area contributed by atoms with E-state index in [0.717, 1.165) is 33.8 Å². The normalized spacial score (nSPS) is 10.4. The molecule has 4 aromatic carbocycles. The maximum absolute atomic E-state index is 13.9. The van der Waals surface area contributed by atoms with Gasteiger partial charge < -0.3 is 14.4 Å². The summed E-state index contributed by atoms with van der Waals surface area (Å²) >= 11 is 0. The van der Waals surface area contributed by atoms with Gasteiger partial charge in [-0.3, -0.25) is 4.79 Å². The third-order valence-corrected chi connectivity index (χ3v) is 5.85. The van der Waals surface area contributed by atoms with Crippen LogP contribution in [0.5, 0.6) is 17.2 Å². The fourth-order valence-electron chi connectivity index (χ4n) is 3.98. The molecule has 0 bridgehead atoms. The predicted octanol–water partition coefficient (Wildman–Crippen LogP) is 7.62. The van der Waals surface area contributed by atoms with Crippen molar-refractivity contribution in [3.63, 3.8) is 0 Å². The molecule has 4 rings (SSSR count). The van der Waals surface area contributed by atoms with Gasteiger partial charge in [-0.15, -0.1) is 0 Å². The molecule has 0 spiro atoms. The van der Waals surface area contributed by atoms with Crippen LogP contribution in [0, 0.1) is 0 Å². The van der Waals surface area contributed by atoms with Crippen LogP contribution in [0.2, 0.25) is 0 Å². The van der Waals surface area contributed by atoms with E-state index in [2.05, 4.69) is 13.2 Å². The van der Waals surface area contributed by atoms with Gasteiger partial charge in [0.25, 0.3) is 5.91 Å². The summed E-state index contributed by atoms with van der Waals surface area (Å²) in [5.74, 6) is 1.90. The van der Waals surface area contributed by atoms with Crippen molar-refractivity contribution >= 4 is 18.1 Å². The lowest BCUT2D eigenvalue weighted by molar-refractivity contribution is 0.0726. The molecule has 0 fully saturated rings. The Morgan fingerprint density at radius 2 is 1.28 bits per heavy atom. The number of rotatable bonds is 10. The summed E-state index contributed by atoms with van der Waals surface area (Å²) in [6.45, 7) is 8.63. The second-order valence-corrected chi connectivity index (χ2v) is 8.30. The fraction of sp³-hybridized carbons (Fsp3) is 0.0938. The van der Waals surface area contributed by atoms with E-state index in [1.807, 2.05) is 102 Å². The molecule has 0 aliphatic heterocycles. The molecule has 4 aromatic rings. The van der Waals surface area contributed by atoms with Gasteiger partial charge in [0.15, 0.2) is 0 Å². The smallest absolute Gasteiger partial charge is 0.258 e. The molecule has 0 radical (unpaired) electrons. The number of nitrogens with zero attached hydrogens (tertiary/aromatic N) is 1. The number of carbonyl (C=O) groups excluding carboxylic acids is 1. The third-order valence-electron chi connectivity index (χ3n) is 5.85. The summed E-state index contributed by atoms with van der Waals surface area (Å²) in [5.41, 5.74) is 4.21. The lowest BCUT2D eigenvalue weighted by Crippen LogP contribution is -2.30. The maximum atomic E-state index is 13.9. The van der Waals surface area contributed by atoms with Crippen LogP contribution in [0.3, 0.4) is 0 Å². The standard InChI is InChI=1S/C32H29NO3/c1-4-26-20-30(31(35-3)21-27(26)5-2)32(34)33(22-24-12-8-6-9-13-24)23-25-16-18-29(19-17-25)36-28-14-10-7-11-15-28/h4-21H,1-2,22-23H2,3H3. The Morgan fingerprint density at radius 3 is 1.86 bits per heavy atom. The molecule has 4 heteroatoms. The molecule has 36 heavy (non-hydrogen) atoms. The van der Waals surface area contributed by atoms with E-state index in [-0.39, 0.29) is 5.91 Å². The van der Waals surface area contributed by atoms with Crippen molar-refractivity contribution in [2.75, 3.05) is 7.11 Å². The summed E-state index contributed by atoms with van der Waals surface area (Å²) in [4.78, 5) is 15.7. The first-order valence-electron chi connectivity index (χ1n) is 11.7. The molecule has 0 aromatic heterocycles. The quantitative estimate of drug-likeness (QED) is 0.237. The number of methoxy groups -OCH3 is 1. The number of hydrogen-bond acceptors (Lipinski definition) is 3. The first kappa shape index (κ1) is 24.6. The number of para-hydroxylation sites is 1. The molecule has 0 saturated heterocycles. The van der Waals surface area contributed by atoms with Gasteiger partial charge in [-0.25, -0.2) is 0 Å². The average Bonchev–Trinajstić information content (AvgIpc) is 2.93. The van der Waals surface area contributed by atoms with Gasteiger partial charge in [0.05, 0.1) is 12.7 Å². The minimum absolute atomic E-state index is 0.126. The Hall–Kier alpha value is -4.57. The van der Waals surface area contributed by atoms with Gasteiger partial charge in [0.1, 0.15) is 17.2 Å². The third kappa shape index (κ3) is 5.91. The topological polar surface area (TPSA) is 38.8 Å². The van der Waals surface area contributed by atoms with Crippen LogP contribution in [0.25, 0.3) is 12.2 Å². The van der Waals surface area contributed by atoms with E-state index >= 15 is 0 Å². The molecular formula is C32H29NO3. The van der Waals surface area contributed by atoms with E-state index < -0.39 is 0 Å². The van der Waals surface area contributed by atoms with Gasteiger partial charge in [-0.1, -0.05) is 86.0 Å². The van der Waals surface area contributed by atoms with Gasteiger partial charge in [0, 0.05) is 13.1 Å². The SMILES string of the molecule is C=Cc1cc(OC)c(C(=O)N(Cc2ccccc2)Cc2ccc(Oc3ccccc3)cc2)cc1C=C. The van der Waals surface area contributed by atoms with Crippen LogP contribution in [0.1, 0.15) is 32.6 Å². The Bertz CT molecular complexity index is 1330. The van der Waals surface area contributed by atoms with Gasteiger partial charge in [0.2, 0.25) is 0 Å². The number of amides is 1. The second kappa shape index (κ2) is 11.7. The van der Waals surface area contributed by atoms with E-state index in [0.29, 0.717) is 24.4 Å². The summed E-state index contributed by atoms with van der Waals surface area (Å²) < 4.78 is 11.5. The zero-order valence-electron chi connectivity index (χ0n) is 20.4. The van der Waals surface area contributed by atoms with Crippen molar-refractivity contribution in [3.8, 4) is 17.2 Å². The molecule has 0 N–H and O–H groups in total. The van der Waals surface area contributed by atoms with Crippen LogP contribution in [0.4, 0.5) is 0 Å². The minimum Gasteiger partial charge on any atom is -0.496 e. The second-order valence-electron chi connectivity index (χ2n) is 8.30. The Morgan fingerprint density at radius 1 is 0.750 bits per heavy atom. The lowest BCUT2D eigenvalue weighted by Gasteiger charge is -2.25. The minimum atomic E-state index is -0.126. The maximum Gasteiger partial charge on any atom is 0.258 e. The van der Waals surface area contributed by atoms with Crippen LogP contribution < -0.4 is 9.47 Å². The van der Waals surface area contributed by atoms with E-state index in [1.54, 1.807) is 19.3 Å². The zero-order chi connectivity index (χ0) is 25.3. The van der Waals surface area contributed by atoms with Gasteiger partial charge in [-0.2, -0.15) is 0 Å². The Kier molecular flexibility index (Phi) is 7.99. The van der Waals surface area contributed by atoms with Crippen LogP contribution in [-0.2, 0) is 13.1 Å². The molecule has 0 unspecified atom stereocenters. The molecule has 1 amide bonds. The van der Waals surface area contributed by atoms with Crippen LogP contribution >= 0.6 is 0 Å². The molecule has 0 saturated carbocycles. The summed E-state index contributed by atoms with van der Waals surface area (Å²) in [5, 5.41) is 0. The average molecular weight is 476 g/mol. The number of ether oxygens (including phenoxy) is 2. The van der Waals surface area contributed by atoms with Crippen LogP contribution in [-0.4, -0.2) is 17.9 Å². The molecule has 0 aliphatic carbocycles. The Labute approximate surface area is 212 Å². The highest BCUT2D eigenvalue weighted by Crippen LogP contribution is 2.28. The van der Waals surface area contributed by atoms with Crippen molar-refractivity contribution in [3.05, 3.63) is 138 Å². The number of benzene rings is 4. The fourth-order valence-corrected chi connectivity index (χ4v) is 3.98. The van der Waals surface area contributed by atoms with E-state index in [9.17, 15) is 4.79 Å². The van der Waals surface area contributed by atoms with E-state index in [4.69, 9.17) is 9.47 Å². The molecule has 4 nitrogen and oxygen atoms in total. The predicted molar refractivity (Wildman–Crippen MR) is 146 cm³/mol. The number of carbonyl (C=O) groups is 1. The van der Waals surface area contributed by atoms with Gasteiger partial charge >= 0.3 is 0 Å². The highest BCUT2D eigenvalue weighted by atomic mass is 16.5. The molecule has 180 valence electrons. The van der Waals surface area contributed by atoms with Gasteiger partial charge in [-0.05, 0) is 58.7 Å². The monoisotopic (exact) mass is 475 g/mol. The van der Waals surface area contributed by atoms with E-state index in [1.165, 1.54) is 0 Å². The van der Waals surface area contributed by atoms with Crippen molar-refractivity contribution in [2.45, 2.75) is 13.1 Å². The zero-order valence-corrected chi connectivity index (χ0v) is 20.4. The van der Waals surface area contributed by atoms with Crippen molar-refractivity contribution < 1.29 is 14.3 Å². The highest BCUT2D eigenvalue weighted by molar-refractivity contribution is 5.98. The largest absolute Gasteiger partial charge is 0.496 e. The summed E-state index contributed by atoms with van der Waals surface area (Å²) in [6.07, 6.45) is 3.45. The number of hydrogen-bond donors (Lipinski definition) is 0. The first-order valence-corrected chi connectivity index (χ1v) is 11.7. The van der Waals surface area contributed by atoms with Crippen molar-refractivity contribution in [1.82, 2.24) is 4.90 Å². The van der Waals surface area contributed by atoms with Crippen molar-refractivity contribution in [2.24, 2.45) is 0 Å². The van der Waals surface area contributed by atoms with Crippen LogP contribution in [0.15, 0.2) is 110 Å². The molecular weight excluding hydrogens is 446 g/mol. The summed E-state index contributed by atoms with van der Waals surface area (Å²) in [6, 6.07) is 31.1. The summed E-state index contributed by atoms with van der Waals surface area (Å²) in [7, 11) is 1.57. The molecule has 0 aliphatic rings. The Balaban J connectivity index is 1.63. The first-order chi connectivity index (χ1) is 17.6. The molecule has 0 heterocycles. The highest BCUT2D eigenvalue weighted by Gasteiger charge is 2.22. The lowest BCUT2D eigenvalue weighted by atomic mass is 10.0. The molecule has 0 atom stereocenters. The van der Waals surface area contributed by atoms with Crippen molar-refractivity contribution in [1.29, 1.82) is 0 Å².